The van der Waals surface area contributed by atoms with Crippen LogP contribution in [0.1, 0.15) is 12.0 Å². The quantitative estimate of drug-likeness (QED) is 0.755. The summed E-state index contributed by atoms with van der Waals surface area (Å²) in [6.07, 6.45) is -6.70. The number of carbonyl (C=O) groups is 1. The molecule has 1 aromatic heterocycles. The van der Waals surface area contributed by atoms with Gasteiger partial charge in [0.05, 0.1) is 0 Å². The third-order valence-electron chi connectivity index (χ3n) is 1.33. The standard InChI is InChI=1S/C6H4F4N2O2/c7-4(5(13)14)12-2-1-3(11-12)6(8,9)10/h1-2,4H,(H,13,14). The normalized spacial score (nSPS) is 14.0. The summed E-state index contributed by atoms with van der Waals surface area (Å²) in [7, 11) is 0. The maximum Gasteiger partial charge on any atom is 0.435 e. The highest BCUT2D eigenvalue weighted by Crippen LogP contribution is 2.27. The SMILES string of the molecule is O=C(O)C(F)n1ccc(C(F)(F)F)n1. The fourth-order valence-electron chi connectivity index (χ4n) is 0.729. The average Bonchev–Trinajstić information content (AvgIpc) is 2.49. The molecule has 0 aromatic carbocycles. The zero-order valence-corrected chi connectivity index (χ0v) is 6.49. The lowest BCUT2D eigenvalue weighted by Crippen LogP contribution is -2.16. The predicted octanol–water partition coefficient (Wildman–Crippen LogP) is 1.45. The molecule has 0 saturated heterocycles. The molecule has 1 rings (SSSR count). The number of aliphatic carboxylic acids is 1. The van der Waals surface area contributed by atoms with Crippen molar-refractivity contribution in [2.24, 2.45) is 0 Å². The maximum absolute atomic E-state index is 12.6. The van der Waals surface area contributed by atoms with E-state index in [9.17, 15) is 22.4 Å². The molecule has 14 heavy (non-hydrogen) atoms. The molecule has 0 amide bonds. The number of carboxylic acid groups (broad SMARTS) is 1. The molecule has 0 bridgehead atoms. The Morgan fingerprint density at radius 1 is 1.57 bits per heavy atom. The third kappa shape index (κ3) is 2.01. The molecule has 1 heterocycles. The minimum atomic E-state index is -4.70. The largest absolute Gasteiger partial charge is 0.478 e. The van der Waals surface area contributed by atoms with Crippen molar-refractivity contribution < 1.29 is 27.5 Å². The summed E-state index contributed by atoms with van der Waals surface area (Å²) in [6.45, 7) is 0. The van der Waals surface area contributed by atoms with Crippen molar-refractivity contribution in [1.82, 2.24) is 9.78 Å². The third-order valence-corrected chi connectivity index (χ3v) is 1.33. The molecule has 0 aliphatic carbocycles. The molecule has 0 spiro atoms. The Bertz CT molecular complexity index is 346. The van der Waals surface area contributed by atoms with Crippen LogP contribution < -0.4 is 0 Å². The van der Waals surface area contributed by atoms with E-state index in [1.54, 1.807) is 0 Å². The van der Waals surface area contributed by atoms with Crippen LogP contribution in [0, 0.1) is 0 Å². The molecule has 4 nitrogen and oxygen atoms in total. The molecule has 8 heteroatoms. The van der Waals surface area contributed by atoms with Crippen LogP contribution in [0.5, 0.6) is 0 Å². The van der Waals surface area contributed by atoms with Gasteiger partial charge in [0, 0.05) is 6.20 Å². The summed E-state index contributed by atoms with van der Waals surface area (Å²) in [4.78, 5) is 10.0. The zero-order valence-electron chi connectivity index (χ0n) is 6.49. The monoisotopic (exact) mass is 212 g/mol. The lowest BCUT2D eigenvalue weighted by atomic mass is 10.4. The van der Waals surface area contributed by atoms with Crippen molar-refractivity contribution in [3.05, 3.63) is 18.0 Å². The number of aromatic nitrogens is 2. The number of hydrogen-bond acceptors (Lipinski definition) is 2. The number of nitrogens with zero attached hydrogens (tertiary/aromatic N) is 2. The molecule has 0 saturated carbocycles. The van der Waals surface area contributed by atoms with E-state index >= 15 is 0 Å². The minimum Gasteiger partial charge on any atom is -0.478 e. The van der Waals surface area contributed by atoms with Gasteiger partial charge in [-0.1, -0.05) is 0 Å². The van der Waals surface area contributed by atoms with Crippen molar-refractivity contribution in [1.29, 1.82) is 0 Å². The van der Waals surface area contributed by atoms with Crippen LogP contribution in [0.2, 0.25) is 0 Å². The van der Waals surface area contributed by atoms with Crippen molar-refractivity contribution in [2.75, 3.05) is 0 Å². The number of rotatable bonds is 2. The molecule has 0 aliphatic heterocycles. The van der Waals surface area contributed by atoms with E-state index in [-0.39, 0.29) is 4.68 Å². The Labute approximate surface area is 74.8 Å². The first kappa shape index (κ1) is 10.5. The van der Waals surface area contributed by atoms with Crippen LogP contribution in [0.3, 0.4) is 0 Å². The van der Waals surface area contributed by atoms with E-state index in [0.717, 1.165) is 0 Å². The predicted molar refractivity (Wildman–Crippen MR) is 35.0 cm³/mol. The van der Waals surface area contributed by atoms with Gasteiger partial charge in [-0.25, -0.2) is 13.9 Å². The summed E-state index contributed by atoms with van der Waals surface area (Å²) in [5.74, 6) is -1.90. The van der Waals surface area contributed by atoms with E-state index in [1.807, 2.05) is 0 Å². The number of halogens is 4. The Morgan fingerprint density at radius 2 is 2.14 bits per heavy atom. The van der Waals surface area contributed by atoms with Crippen LogP contribution in [-0.4, -0.2) is 20.9 Å². The van der Waals surface area contributed by atoms with Crippen molar-refractivity contribution in [3.63, 3.8) is 0 Å². The Balaban J connectivity index is 2.94. The lowest BCUT2D eigenvalue weighted by molar-refractivity contribution is -0.149. The van der Waals surface area contributed by atoms with Gasteiger partial charge in [-0.15, -0.1) is 0 Å². The van der Waals surface area contributed by atoms with Gasteiger partial charge in [0.2, 0.25) is 0 Å². The van der Waals surface area contributed by atoms with E-state index in [2.05, 4.69) is 5.10 Å². The topological polar surface area (TPSA) is 55.1 Å². The van der Waals surface area contributed by atoms with Crippen LogP contribution in [-0.2, 0) is 11.0 Å². The Morgan fingerprint density at radius 3 is 2.50 bits per heavy atom. The highest BCUT2D eigenvalue weighted by Gasteiger charge is 2.34. The summed E-state index contributed by atoms with van der Waals surface area (Å²) in [5, 5.41) is 10.9. The summed E-state index contributed by atoms with van der Waals surface area (Å²) in [5.41, 5.74) is -1.33. The second kappa shape index (κ2) is 3.28. The molecule has 0 aliphatic rings. The van der Waals surface area contributed by atoms with E-state index in [0.29, 0.717) is 12.3 Å². The van der Waals surface area contributed by atoms with E-state index in [1.165, 1.54) is 0 Å². The number of alkyl halides is 4. The smallest absolute Gasteiger partial charge is 0.435 e. The van der Waals surface area contributed by atoms with Crippen molar-refractivity contribution in [2.45, 2.75) is 12.5 Å². The van der Waals surface area contributed by atoms with Gasteiger partial charge in [-0.3, -0.25) is 0 Å². The Kier molecular flexibility index (Phi) is 2.45. The molecule has 78 valence electrons. The zero-order chi connectivity index (χ0) is 10.9. The van der Waals surface area contributed by atoms with Crippen molar-refractivity contribution in [3.8, 4) is 0 Å². The molecule has 0 radical (unpaired) electrons. The molecular weight excluding hydrogens is 208 g/mol. The first-order valence-electron chi connectivity index (χ1n) is 3.31. The van der Waals surface area contributed by atoms with Crippen molar-refractivity contribution >= 4 is 5.97 Å². The summed E-state index contributed by atoms with van der Waals surface area (Å²) < 4.78 is 48.4. The highest BCUT2D eigenvalue weighted by molar-refractivity contribution is 5.69. The first-order valence-corrected chi connectivity index (χ1v) is 3.31. The fraction of sp³-hybridized carbons (Fsp3) is 0.333. The molecular formula is C6H4F4N2O2. The molecule has 1 unspecified atom stereocenters. The summed E-state index contributed by atoms with van der Waals surface area (Å²) >= 11 is 0. The van der Waals surface area contributed by atoms with Gasteiger partial charge in [0.25, 0.3) is 6.30 Å². The first-order chi connectivity index (χ1) is 6.32. The molecule has 1 aromatic rings. The van der Waals surface area contributed by atoms with Gasteiger partial charge < -0.3 is 5.11 Å². The van der Waals surface area contributed by atoms with Gasteiger partial charge in [-0.2, -0.15) is 18.3 Å². The summed E-state index contributed by atoms with van der Waals surface area (Å²) in [6, 6.07) is 0.496. The van der Waals surface area contributed by atoms with Crippen LogP contribution in [0.25, 0.3) is 0 Å². The van der Waals surface area contributed by atoms with Crippen LogP contribution in [0.15, 0.2) is 12.3 Å². The van der Waals surface area contributed by atoms with E-state index < -0.39 is 24.1 Å². The molecule has 1 N–H and O–H groups in total. The number of hydrogen-bond donors (Lipinski definition) is 1. The molecule has 1 atom stereocenters. The van der Waals surface area contributed by atoms with Crippen LogP contribution >= 0.6 is 0 Å². The van der Waals surface area contributed by atoms with E-state index in [4.69, 9.17) is 5.11 Å². The average molecular weight is 212 g/mol. The van der Waals surface area contributed by atoms with Gasteiger partial charge in [-0.05, 0) is 6.07 Å². The fourth-order valence-corrected chi connectivity index (χ4v) is 0.729. The second-order valence-corrected chi connectivity index (χ2v) is 2.35. The highest BCUT2D eigenvalue weighted by atomic mass is 19.4. The Hall–Kier alpha value is -1.60. The van der Waals surface area contributed by atoms with Gasteiger partial charge in [0.1, 0.15) is 0 Å². The van der Waals surface area contributed by atoms with Gasteiger partial charge in [0.15, 0.2) is 5.69 Å². The molecule has 0 fully saturated rings. The lowest BCUT2D eigenvalue weighted by Gasteiger charge is -2.03. The second-order valence-electron chi connectivity index (χ2n) is 2.35. The maximum atomic E-state index is 12.6. The number of carboxylic acids is 1. The van der Waals surface area contributed by atoms with Gasteiger partial charge >= 0.3 is 12.1 Å². The van der Waals surface area contributed by atoms with Crippen LogP contribution in [0.4, 0.5) is 17.6 Å². The minimum absolute atomic E-state index is 0.0884.